The minimum Gasteiger partial charge on any atom is -0.352 e. The third-order valence-electron chi connectivity index (χ3n) is 3.70. The van der Waals surface area contributed by atoms with E-state index in [0.29, 0.717) is 5.02 Å². The van der Waals surface area contributed by atoms with Gasteiger partial charge in [0, 0.05) is 10.7 Å². The molecule has 112 valence electrons. The number of amides is 3. The van der Waals surface area contributed by atoms with Gasteiger partial charge in [0.05, 0.1) is 12.0 Å². The second-order valence-electron chi connectivity index (χ2n) is 5.09. The molecule has 0 saturated carbocycles. The van der Waals surface area contributed by atoms with E-state index < -0.39 is 18.0 Å². The first-order valence-electron chi connectivity index (χ1n) is 6.77. The van der Waals surface area contributed by atoms with Gasteiger partial charge in [0.1, 0.15) is 0 Å². The third kappa shape index (κ3) is 2.63. The summed E-state index contributed by atoms with van der Waals surface area (Å²) in [6.45, 7) is 0. The summed E-state index contributed by atoms with van der Waals surface area (Å²) >= 11 is 5.90. The van der Waals surface area contributed by atoms with Gasteiger partial charge in [0.25, 0.3) is 0 Å². The van der Waals surface area contributed by atoms with Crippen LogP contribution >= 0.6 is 11.6 Å². The van der Waals surface area contributed by atoms with Gasteiger partial charge in [-0.3, -0.25) is 4.79 Å². The van der Waals surface area contributed by atoms with Gasteiger partial charge in [-0.25, -0.2) is 4.79 Å². The van der Waals surface area contributed by atoms with E-state index >= 15 is 0 Å². The Hall–Kier alpha value is -2.53. The highest BCUT2D eigenvalue weighted by molar-refractivity contribution is 6.30. The molecule has 0 aromatic heterocycles. The number of anilines is 1. The molecule has 6 heteroatoms. The molecule has 0 radical (unpaired) electrons. The smallest absolute Gasteiger partial charge is 0.312 e. The molecule has 1 aliphatic heterocycles. The number of halogens is 1. The van der Waals surface area contributed by atoms with Crippen molar-refractivity contribution in [1.82, 2.24) is 5.32 Å². The standard InChI is InChI=1S/C16H14ClN3O2/c17-10-7-5-9(6-8-10)14(20-16(18)22)13-11-3-1-2-4-12(11)19-15(13)21/h1-8,13-14H,(H,19,21)(H3,18,20,22). The molecule has 1 aliphatic rings. The normalized spacial score (nSPS) is 17.5. The molecule has 3 rings (SSSR count). The molecule has 22 heavy (non-hydrogen) atoms. The number of primary amides is 1. The van der Waals surface area contributed by atoms with E-state index in [2.05, 4.69) is 10.6 Å². The quantitative estimate of drug-likeness (QED) is 0.813. The molecule has 4 N–H and O–H groups in total. The maximum Gasteiger partial charge on any atom is 0.312 e. The molecule has 0 saturated heterocycles. The van der Waals surface area contributed by atoms with Gasteiger partial charge in [0.15, 0.2) is 0 Å². The van der Waals surface area contributed by atoms with E-state index in [1.807, 2.05) is 24.3 Å². The van der Waals surface area contributed by atoms with Crippen LogP contribution < -0.4 is 16.4 Å². The Bertz CT molecular complexity index is 730. The number of carbonyl (C=O) groups is 2. The summed E-state index contributed by atoms with van der Waals surface area (Å²) in [5.74, 6) is -0.709. The van der Waals surface area contributed by atoms with E-state index in [1.165, 1.54) is 0 Å². The number of urea groups is 1. The lowest BCUT2D eigenvalue weighted by Gasteiger charge is -2.23. The number of hydrogen-bond acceptors (Lipinski definition) is 2. The van der Waals surface area contributed by atoms with Gasteiger partial charge in [-0.2, -0.15) is 0 Å². The van der Waals surface area contributed by atoms with Crippen molar-refractivity contribution in [3.8, 4) is 0 Å². The lowest BCUT2D eigenvalue weighted by atomic mass is 9.88. The first-order valence-corrected chi connectivity index (χ1v) is 7.15. The van der Waals surface area contributed by atoms with Crippen LogP contribution in [0.5, 0.6) is 0 Å². The topological polar surface area (TPSA) is 84.2 Å². The number of para-hydroxylation sites is 1. The lowest BCUT2D eigenvalue weighted by Crippen LogP contribution is -2.38. The SMILES string of the molecule is NC(=O)NC(c1ccc(Cl)cc1)C1C(=O)Nc2ccccc21. The van der Waals surface area contributed by atoms with E-state index in [4.69, 9.17) is 17.3 Å². The Kier molecular flexibility index (Phi) is 3.73. The number of hydrogen-bond donors (Lipinski definition) is 3. The van der Waals surface area contributed by atoms with Crippen molar-refractivity contribution in [2.24, 2.45) is 5.73 Å². The fourth-order valence-electron chi connectivity index (χ4n) is 2.75. The molecular weight excluding hydrogens is 302 g/mol. The number of carbonyl (C=O) groups excluding carboxylic acids is 2. The predicted molar refractivity (Wildman–Crippen MR) is 84.7 cm³/mol. The van der Waals surface area contributed by atoms with Gasteiger partial charge in [-0.05, 0) is 29.3 Å². The molecule has 2 atom stereocenters. The van der Waals surface area contributed by atoms with Gasteiger partial charge in [0.2, 0.25) is 5.91 Å². The summed E-state index contributed by atoms with van der Waals surface area (Å²) in [7, 11) is 0. The number of nitrogens with one attached hydrogen (secondary N) is 2. The zero-order valence-electron chi connectivity index (χ0n) is 11.5. The molecule has 0 bridgehead atoms. The average Bonchev–Trinajstić information content (AvgIpc) is 2.81. The molecule has 0 fully saturated rings. The Morgan fingerprint density at radius 1 is 1.18 bits per heavy atom. The second-order valence-corrected chi connectivity index (χ2v) is 5.53. The molecule has 0 aliphatic carbocycles. The molecule has 2 aromatic rings. The van der Waals surface area contributed by atoms with Crippen LogP contribution in [0.3, 0.4) is 0 Å². The maximum atomic E-state index is 12.4. The van der Waals surface area contributed by atoms with Gasteiger partial charge < -0.3 is 16.4 Å². The van der Waals surface area contributed by atoms with Crippen LogP contribution in [0.1, 0.15) is 23.1 Å². The van der Waals surface area contributed by atoms with Crippen molar-refractivity contribution in [3.63, 3.8) is 0 Å². The molecule has 5 nitrogen and oxygen atoms in total. The van der Waals surface area contributed by atoms with Crippen LogP contribution in [0.2, 0.25) is 5.02 Å². The molecule has 0 spiro atoms. The van der Waals surface area contributed by atoms with Crippen LogP contribution in [-0.4, -0.2) is 11.9 Å². The highest BCUT2D eigenvalue weighted by Gasteiger charge is 2.38. The minimum atomic E-state index is -0.683. The van der Waals surface area contributed by atoms with Crippen molar-refractivity contribution >= 4 is 29.2 Å². The Morgan fingerprint density at radius 2 is 1.86 bits per heavy atom. The minimum absolute atomic E-state index is 0.171. The Morgan fingerprint density at radius 3 is 2.55 bits per heavy atom. The van der Waals surface area contributed by atoms with Crippen LogP contribution in [0.15, 0.2) is 48.5 Å². The summed E-state index contributed by atoms with van der Waals surface area (Å²) in [5.41, 5.74) is 7.64. The molecule has 1 heterocycles. The van der Waals surface area contributed by atoms with Crippen LogP contribution in [0.4, 0.5) is 10.5 Å². The average molecular weight is 316 g/mol. The van der Waals surface area contributed by atoms with E-state index in [9.17, 15) is 9.59 Å². The molecular formula is C16H14ClN3O2. The number of benzene rings is 2. The monoisotopic (exact) mass is 315 g/mol. The summed E-state index contributed by atoms with van der Waals surface area (Å²) < 4.78 is 0. The zero-order valence-corrected chi connectivity index (χ0v) is 12.3. The van der Waals surface area contributed by atoms with Gasteiger partial charge >= 0.3 is 6.03 Å². The summed E-state index contributed by atoms with van der Waals surface area (Å²) in [5, 5.41) is 6.07. The van der Waals surface area contributed by atoms with Crippen molar-refractivity contribution in [3.05, 3.63) is 64.7 Å². The van der Waals surface area contributed by atoms with Crippen molar-refractivity contribution in [2.45, 2.75) is 12.0 Å². The van der Waals surface area contributed by atoms with Crippen molar-refractivity contribution in [1.29, 1.82) is 0 Å². The van der Waals surface area contributed by atoms with E-state index in [1.54, 1.807) is 24.3 Å². The van der Waals surface area contributed by atoms with Crippen LogP contribution in [-0.2, 0) is 4.79 Å². The first kappa shape index (κ1) is 14.4. The summed E-state index contributed by atoms with van der Waals surface area (Å²) in [4.78, 5) is 23.7. The highest BCUT2D eigenvalue weighted by Crippen LogP contribution is 2.40. The van der Waals surface area contributed by atoms with Gasteiger partial charge in [-0.1, -0.05) is 41.9 Å². The van der Waals surface area contributed by atoms with Gasteiger partial charge in [-0.15, -0.1) is 0 Å². The fraction of sp³-hybridized carbons (Fsp3) is 0.125. The molecule has 2 unspecified atom stereocenters. The summed E-state index contributed by atoms with van der Waals surface area (Å²) in [6, 6.07) is 13.1. The zero-order chi connectivity index (χ0) is 15.7. The van der Waals surface area contributed by atoms with Crippen LogP contribution in [0, 0.1) is 0 Å². The highest BCUT2D eigenvalue weighted by atomic mass is 35.5. The predicted octanol–water partition coefficient (Wildman–Crippen LogP) is 2.79. The lowest BCUT2D eigenvalue weighted by molar-refractivity contribution is -0.117. The number of rotatable bonds is 3. The number of nitrogens with two attached hydrogens (primary N) is 1. The van der Waals surface area contributed by atoms with E-state index in [-0.39, 0.29) is 5.91 Å². The summed E-state index contributed by atoms with van der Waals surface area (Å²) in [6.07, 6.45) is 0. The van der Waals surface area contributed by atoms with Crippen molar-refractivity contribution < 1.29 is 9.59 Å². The Labute approximate surface area is 132 Å². The third-order valence-corrected chi connectivity index (χ3v) is 3.95. The van der Waals surface area contributed by atoms with Crippen LogP contribution in [0.25, 0.3) is 0 Å². The van der Waals surface area contributed by atoms with E-state index in [0.717, 1.165) is 16.8 Å². The fourth-order valence-corrected chi connectivity index (χ4v) is 2.87. The Balaban J connectivity index is 2.04. The molecule has 2 aromatic carbocycles. The largest absolute Gasteiger partial charge is 0.352 e. The number of fused-ring (bicyclic) bond motifs is 1. The second kappa shape index (κ2) is 5.69. The maximum absolute atomic E-state index is 12.4. The molecule has 3 amide bonds. The first-order chi connectivity index (χ1) is 10.6. The van der Waals surface area contributed by atoms with Crippen molar-refractivity contribution in [2.75, 3.05) is 5.32 Å².